The van der Waals surface area contributed by atoms with Crippen LogP contribution in [0, 0.1) is 39.9 Å². The predicted octanol–water partition coefficient (Wildman–Crippen LogP) is 6.99. The topological polar surface area (TPSA) is 89.9 Å². The molecule has 0 radical (unpaired) electrons. The molecule has 0 spiro atoms. The van der Waals surface area contributed by atoms with Crippen molar-refractivity contribution in [1.82, 2.24) is 0 Å². The Bertz CT molecular complexity index is 1000. The SMILES string of the molecule is CC(=O)OC1/C=C2\[C@H](CCCC3(C)C([C@H](C)C/C=C/C(C)(C)O)CC[C@@]3(C)C1C=O)CCC(OC(C)=O)C2(C)C. The molecule has 8 atom stereocenters. The molecule has 0 aliphatic heterocycles. The highest BCUT2D eigenvalue weighted by Crippen LogP contribution is 2.65. The normalized spacial score (nSPS) is 38.4. The molecule has 3 aliphatic carbocycles. The lowest BCUT2D eigenvalue weighted by Crippen LogP contribution is -2.50. The first kappa shape index (κ1) is 32.6. The van der Waals surface area contributed by atoms with Crippen LogP contribution in [0.1, 0.15) is 114 Å². The first-order valence-electron chi connectivity index (χ1n) is 15.4. The maximum Gasteiger partial charge on any atom is 0.303 e. The molecule has 5 unspecified atom stereocenters. The third kappa shape index (κ3) is 6.58. The summed E-state index contributed by atoms with van der Waals surface area (Å²) in [5, 5.41) is 10.2. The van der Waals surface area contributed by atoms with E-state index < -0.39 is 29.0 Å². The van der Waals surface area contributed by atoms with Gasteiger partial charge in [0.25, 0.3) is 0 Å². The van der Waals surface area contributed by atoms with Gasteiger partial charge in [-0.2, -0.15) is 0 Å². The van der Waals surface area contributed by atoms with Crippen LogP contribution in [0.5, 0.6) is 0 Å². The summed E-state index contributed by atoms with van der Waals surface area (Å²) in [6.45, 7) is 17.6. The number of hydrogen-bond acceptors (Lipinski definition) is 6. The number of carbonyl (C=O) groups excluding carboxylic acids is 3. The number of aldehydes is 1. The van der Waals surface area contributed by atoms with E-state index in [1.165, 1.54) is 13.8 Å². The van der Waals surface area contributed by atoms with E-state index in [0.717, 1.165) is 63.2 Å². The van der Waals surface area contributed by atoms with Crippen molar-refractivity contribution >= 4 is 18.2 Å². The molecular formula is C34H54O6. The minimum absolute atomic E-state index is 0.116. The van der Waals surface area contributed by atoms with Gasteiger partial charge in [-0.3, -0.25) is 9.59 Å². The second-order valence-corrected chi connectivity index (χ2v) is 14.6. The van der Waals surface area contributed by atoms with Crippen LogP contribution in [0.3, 0.4) is 0 Å². The molecule has 1 N–H and O–H groups in total. The maximum absolute atomic E-state index is 13.1. The molecule has 0 bridgehead atoms. The number of hydrogen-bond donors (Lipinski definition) is 1. The van der Waals surface area contributed by atoms with Gasteiger partial charge < -0.3 is 19.4 Å². The van der Waals surface area contributed by atoms with Gasteiger partial charge in [0.2, 0.25) is 0 Å². The van der Waals surface area contributed by atoms with Crippen LogP contribution >= 0.6 is 0 Å². The Morgan fingerprint density at radius 2 is 1.68 bits per heavy atom. The minimum Gasteiger partial charge on any atom is -0.462 e. The second-order valence-electron chi connectivity index (χ2n) is 14.6. The highest BCUT2D eigenvalue weighted by Gasteiger charge is 2.60. The van der Waals surface area contributed by atoms with Gasteiger partial charge in [0.05, 0.1) is 11.5 Å². The van der Waals surface area contributed by atoms with E-state index in [-0.39, 0.29) is 28.8 Å². The Morgan fingerprint density at radius 3 is 2.25 bits per heavy atom. The van der Waals surface area contributed by atoms with Crippen LogP contribution in [0.2, 0.25) is 0 Å². The van der Waals surface area contributed by atoms with Crippen LogP contribution in [0.4, 0.5) is 0 Å². The fourth-order valence-electron chi connectivity index (χ4n) is 8.67. The monoisotopic (exact) mass is 558 g/mol. The van der Waals surface area contributed by atoms with Gasteiger partial charge in [-0.15, -0.1) is 0 Å². The number of aliphatic hydroxyl groups is 1. The third-order valence-electron chi connectivity index (χ3n) is 11.0. The van der Waals surface area contributed by atoms with Crippen molar-refractivity contribution in [3.63, 3.8) is 0 Å². The minimum atomic E-state index is -0.837. The summed E-state index contributed by atoms with van der Waals surface area (Å²) >= 11 is 0. The quantitative estimate of drug-likeness (QED) is 0.206. The molecule has 2 saturated carbocycles. The van der Waals surface area contributed by atoms with Crippen LogP contribution in [-0.2, 0) is 23.9 Å². The zero-order chi connectivity index (χ0) is 30.1. The van der Waals surface area contributed by atoms with Crippen molar-refractivity contribution in [2.45, 2.75) is 131 Å². The first-order chi connectivity index (χ1) is 18.5. The van der Waals surface area contributed by atoms with Crippen molar-refractivity contribution in [2.75, 3.05) is 0 Å². The lowest BCUT2D eigenvalue weighted by atomic mass is 9.53. The molecule has 0 saturated heterocycles. The van der Waals surface area contributed by atoms with E-state index in [1.54, 1.807) is 13.8 Å². The fourth-order valence-corrected chi connectivity index (χ4v) is 8.67. The lowest BCUT2D eigenvalue weighted by Gasteiger charge is -2.52. The number of allylic oxidation sites excluding steroid dienone is 1. The molecule has 0 heterocycles. The molecule has 6 nitrogen and oxygen atoms in total. The van der Waals surface area contributed by atoms with E-state index in [1.807, 2.05) is 6.08 Å². The molecule has 6 heteroatoms. The fraction of sp³-hybridized carbons (Fsp3) is 0.794. The molecule has 0 aromatic carbocycles. The van der Waals surface area contributed by atoms with Crippen LogP contribution in [0.25, 0.3) is 0 Å². The molecule has 2 fully saturated rings. The summed E-state index contributed by atoms with van der Waals surface area (Å²) in [4.78, 5) is 37.4. The average molecular weight is 559 g/mol. The van der Waals surface area contributed by atoms with Gasteiger partial charge in [-0.25, -0.2) is 0 Å². The molecule has 0 aromatic heterocycles. The summed E-state index contributed by atoms with van der Waals surface area (Å²) in [7, 11) is 0. The Morgan fingerprint density at radius 1 is 1.02 bits per heavy atom. The van der Waals surface area contributed by atoms with Crippen molar-refractivity contribution in [1.29, 1.82) is 0 Å². The Hall–Kier alpha value is -1.95. The van der Waals surface area contributed by atoms with Crippen molar-refractivity contribution in [2.24, 2.45) is 39.9 Å². The van der Waals surface area contributed by atoms with Gasteiger partial charge in [0.1, 0.15) is 18.5 Å². The summed E-state index contributed by atoms with van der Waals surface area (Å²) in [5.74, 6) is -0.0854. The summed E-state index contributed by atoms with van der Waals surface area (Å²) in [6, 6.07) is 0. The largest absolute Gasteiger partial charge is 0.462 e. The Balaban J connectivity index is 2.07. The van der Waals surface area contributed by atoms with E-state index in [0.29, 0.717) is 11.8 Å². The molecule has 3 aliphatic rings. The maximum atomic E-state index is 13.1. The second kappa shape index (κ2) is 12.1. The molecule has 0 aromatic rings. The van der Waals surface area contributed by atoms with Gasteiger partial charge in [0.15, 0.2) is 0 Å². The van der Waals surface area contributed by atoms with E-state index in [4.69, 9.17) is 9.47 Å². The standard InChI is InChI=1S/C34H54O6/c1-22(12-10-17-31(4,5)38)26-16-19-34(9)28(21-35)29(39-23(2)36)20-27-25(13-11-18-33(26,34)8)14-15-30(32(27,6)7)40-24(3)37/h10,17,20-22,25-26,28-30,38H,11-16,18-19H2,1-9H3/b17-10+,27-20+/t22-,25-,26?,28?,29?,30?,33?,34+/m1/s1. The first-order valence-corrected chi connectivity index (χ1v) is 15.4. The van der Waals surface area contributed by atoms with Crippen molar-refractivity contribution in [3.8, 4) is 0 Å². The summed E-state index contributed by atoms with van der Waals surface area (Å²) in [5.41, 5.74) is -0.588. The zero-order valence-corrected chi connectivity index (χ0v) is 26.4. The molecule has 40 heavy (non-hydrogen) atoms. The summed E-state index contributed by atoms with van der Waals surface area (Å²) < 4.78 is 11.8. The number of ether oxygens (including phenoxy) is 2. The van der Waals surface area contributed by atoms with E-state index in [2.05, 4.69) is 46.8 Å². The zero-order valence-electron chi connectivity index (χ0n) is 26.4. The highest BCUT2D eigenvalue weighted by atomic mass is 16.5. The van der Waals surface area contributed by atoms with Gasteiger partial charge in [-0.05, 0) is 93.5 Å². The predicted molar refractivity (Wildman–Crippen MR) is 157 cm³/mol. The van der Waals surface area contributed by atoms with Gasteiger partial charge in [-0.1, -0.05) is 58.8 Å². The molecule has 0 amide bonds. The Kier molecular flexibility index (Phi) is 9.86. The summed E-state index contributed by atoms with van der Waals surface area (Å²) in [6.07, 6.45) is 13.7. The smallest absolute Gasteiger partial charge is 0.303 e. The molecular weight excluding hydrogens is 504 g/mol. The van der Waals surface area contributed by atoms with Crippen molar-refractivity contribution < 1.29 is 29.0 Å². The number of rotatable bonds is 7. The van der Waals surface area contributed by atoms with Crippen LogP contribution in [0.15, 0.2) is 23.8 Å². The Labute approximate surface area is 242 Å². The third-order valence-corrected chi connectivity index (χ3v) is 11.0. The van der Waals surface area contributed by atoms with Crippen LogP contribution < -0.4 is 0 Å². The van der Waals surface area contributed by atoms with Gasteiger partial charge >= 0.3 is 11.9 Å². The van der Waals surface area contributed by atoms with E-state index in [9.17, 15) is 19.5 Å². The van der Waals surface area contributed by atoms with E-state index >= 15 is 0 Å². The highest BCUT2D eigenvalue weighted by molar-refractivity contribution is 5.68. The number of esters is 2. The van der Waals surface area contributed by atoms with Gasteiger partial charge in [0, 0.05) is 19.3 Å². The molecule has 226 valence electrons. The average Bonchev–Trinajstić information content (AvgIpc) is 3.07. The number of carbonyl (C=O) groups is 3. The lowest BCUT2D eigenvalue weighted by molar-refractivity contribution is -0.154. The van der Waals surface area contributed by atoms with Crippen molar-refractivity contribution in [3.05, 3.63) is 23.8 Å². The molecule has 3 rings (SSSR count). The van der Waals surface area contributed by atoms with Crippen LogP contribution in [-0.4, -0.2) is 41.1 Å². The number of fused-ring (bicyclic) bond motifs is 2.